The van der Waals surface area contributed by atoms with Crippen molar-refractivity contribution >= 4 is 28.8 Å². The number of rotatable bonds is 3. The van der Waals surface area contributed by atoms with Gasteiger partial charge >= 0.3 is 0 Å². The summed E-state index contributed by atoms with van der Waals surface area (Å²) < 4.78 is 0. The molecule has 2 atom stereocenters. The van der Waals surface area contributed by atoms with Crippen LogP contribution >= 0.6 is 11.6 Å². The van der Waals surface area contributed by atoms with Gasteiger partial charge in [0.2, 0.25) is 0 Å². The standard InChI is InChI=1S/C31H25ClN2O/c32-25-19-17-24(18-20-25)29-31(21-9-13-22-10-7-8-16-27(22)30(31)35)28(23-11-3-1-4-12-23)33-34(29)26-14-5-2-6-15-26/h1-8,10-12,14-20,29H,9,13,21H2. The quantitative estimate of drug-likeness (QED) is 0.306. The van der Waals surface area contributed by atoms with Crippen molar-refractivity contribution in [3.05, 3.63) is 136 Å². The largest absolute Gasteiger partial charge is 0.293 e. The molecule has 4 heteroatoms. The zero-order chi connectivity index (χ0) is 23.8. The molecule has 1 aliphatic heterocycles. The molecule has 0 saturated heterocycles. The summed E-state index contributed by atoms with van der Waals surface area (Å²) in [5.74, 6) is 0.145. The van der Waals surface area contributed by atoms with E-state index in [-0.39, 0.29) is 11.8 Å². The molecule has 0 amide bonds. The summed E-state index contributed by atoms with van der Waals surface area (Å²) >= 11 is 6.29. The van der Waals surface area contributed by atoms with Gasteiger partial charge in [-0.15, -0.1) is 0 Å². The number of para-hydroxylation sites is 1. The van der Waals surface area contributed by atoms with Crippen LogP contribution in [0.2, 0.25) is 5.02 Å². The Morgan fingerprint density at radius 2 is 1.46 bits per heavy atom. The zero-order valence-electron chi connectivity index (χ0n) is 19.3. The molecule has 0 aromatic heterocycles. The third-order valence-corrected chi connectivity index (χ3v) is 7.53. The Labute approximate surface area is 210 Å². The van der Waals surface area contributed by atoms with E-state index in [9.17, 15) is 4.79 Å². The molecule has 4 aromatic rings. The number of hydrazone groups is 1. The highest BCUT2D eigenvalue weighted by Gasteiger charge is 2.58. The van der Waals surface area contributed by atoms with E-state index < -0.39 is 5.41 Å². The highest BCUT2D eigenvalue weighted by Crippen LogP contribution is 2.54. The van der Waals surface area contributed by atoms with Gasteiger partial charge in [0.05, 0.1) is 17.4 Å². The van der Waals surface area contributed by atoms with Crippen LogP contribution in [0, 0.1) is 5.41 Å². The molecule has 0 radical (unpaired) electrons. The molecule has 0 saturated carbocycles. The van der Waals surface area contributed by atoms with Gasteiger partial charge in [0, 0.05) is 10.6 Å². The normalized spacial score (nSPS) is 21.5. The maximum atomic E-state index is 14.7. The van der Waals surface area contributed by atoms with Gasteiger partial charge in [0.25, 0.3) is 0 Å². The van der Waals surface area contributed by atoms with E-state index in [1.807, 2.05) is 78.9 Å². The molecule has 0 fully saturated rings. The SMILES string of the molecule is O=C1c2ccccc2CCCC12C(c1ccccc1)=NN(c1ccccc1)C2c1ccc(Cl)cc1. The zero-order valence-corrected chi connectivity index (χ0v) is 20.0. The van der Waals surface area contributed by atoms with Gasteiger partial charge in [0.1, 0.15) is 5.41 Å². The Hall–Kier alpha value is -3.69. The molecule has 0 N–H and O–H groups in total. The summed E-state index contributed by atoms with van der Waals surface area (Å²) in [6.07, 6.45) is 2.50. The van der Waals surface area contributed by atoms with Crippen LogP contribution in [-0.2, 0) is 6.42 Å². The Morgan fingerprint density at radius 3 is 2.20 bits per heavy atom. The highest BCUT2D eigenvalue weighted by molar-refractivity contribution is 6.30. The molecule has 0 bridgehead atoms. The van der Waals surface area contributed by atoms with E-state index in [1.165, 1.54) is 0 Å². The lowest BCUT2D eigenvalue weighted by atomic mass is 9.65. The number of aryl methyl sites for hydroxylation is 1. The average molecular weight is 477 g/mol. The first-order valence-corrected chi connectivity index (χ1v) is 12.4. The maximum absolute atomic E-state index is 14.7. The molecule has 4 aromatic carbocycles. The Morgan fingerprint density at radius 1 is 0.800 bits per heavy atom. The number of ketones is 1. The van der Waals surface area contributed by atoms with Gasteiger partial charge in [-0.3, -0.25) is 9.80 Å². The molecule has 6 rings (SSSR count). The number of hydrogen-bond acceptors (Lipinski definition) is 3. The summed E-state index contributed by atoms with van der Waals surface area (Å²) in [5.41, 5.74) is 4.90. The van der Waals surface area contributed by atoms with Crippen molar-refractivity contribution in [3.8, 4) is 0 Å². The monoisotopic (exact) mass is 476 g/mol. The molecule has 35 heavy (non-hydrogen) atoms. The van der Waals surface area contributed by atoms with Crippen molar-refractivity contribution in [2.75, 3.05) is 5.01 Å². The van der Waals surface area contributed by atoms with Crippen LogP contribution < -0.4 is 5.01 Å². The van der Waals surface area contributed by atoms with Crippen molar-refractivity contribution < 1.29 is 4.79 Å². The Balaban J connectivity index is 1.65. The summed E-state index contributed by atoms with van der Waals surface area (Å²) in [5, 5.41) is 7.97. The van der Waals surface area contributed by atoms with Crippen LogP contribution in [0.1, 0.15) is 45.9 Å². The van der Waals surface area contributed by atoms with E-state index in [0.29, 0.717) is 11.4 Å². The number of carbonyl (C=O) groups is 1. The lowest BCUT2D eigenvalue weighted by Gasteiger charge is -2.37. The van der Waals surface area contributed by atoms with E-state index in [4.69, 9.17) is 16.7 Å². The Bertz CT molecular complexity index is 1400. The van der Waals surface area contributed by atoms with Crippen molar-refractivity contribution in [2.45, 2.75) is 25.3 Å². The first-order chi connectivity index (χ1) is 17.2. The second-order valence-electron chi connectivity index (χ2n) is 9.26. The fourth-order valence-corrected chi connectivity index (χ4v) is 5.85. The molecule has 3 nitrogen and oxygen atoms in total. The molecule has 1 spiro atoms. The van der Waals surface area contributed by atoms with Gasteiger partial charge in [0.15, 0.2) is 5.78 Å². The average Bonchev–Trinajstić information content (AvgIpc) is 3.18. The topological polar surface area (TPSA) is 32.7 Å². The smallest absolute Gasteiger partial charge is 0.177 e. The van der Waals surface area contributed by atoms with Gasteiger partial charge in [-0.1, -0.05) is 96.5 Å². The number of halogens is 1. The van der Waals surface area contributed by atoms with Crippen molar-refractivity contribution in [1.29, 1.82) is 0 Å². The number of benzene rings is 4. The number of fused-ring (bicyclic) bond motifs is 1. The predicted molar refractivity (Wildman–Crippen MR) is 142 cm³/mol. The summed E-state index contributed by atoms with van der Waals surface area (Å²) in [4.78, 5) is 14.7. The summed E-state index contributed by atoms with van der Waals surface area (Å²) in [7, 11) is 0. The molecule has 2 unspecified atom stereocenters. The van der Waals surface area contributed by atoms with E-state index >= 15 is 0 Å². The number of nitrogens with zero attached hydrogens (tertiary/aromatic N) is 2. The first kappa shape index (κ1) is 21.8. The fourth-order valence-electron chi connectivity index (χ4n) is 5.72. The molecular formula is C31H25ClN2O. The van der Waals surface area contributed by atoms with Crippen LogP contribution in [0.5, 0.6) is 0 Å². The lowest BCUT2D eigenvalue weighted by Crippen LogP contribution is -2.44. The fraction of sp³-hybridized carbons (Fsp3) is 0.161. The first-order valence-electron chi connectivity index (χ1n) is 12.1. The van der Waals surface area contributed by atoms with Crippen molar-refractivity contribution in [2.24, 2.45) is 10.5 Å². The van der Waals surface area contributed by atoms with E-state index in [1.54, 1.807) is 0 Å². The summed E-state index contributed by atoms with van der Waals surface area (Å²) in [6, 6.07) is 36.0. The minimum absolute atomic E-state index is 0.145. The van der Waals surface area contributed by atoms with Crippen LogP contribution in [-0.4, -0.2) is 11.5 Å². The van der Waals surface area contributed by atoms with Crippen molar-refractivity contribution in [1.82, 2.24) is 0 Å². The highest BCUT2D eigenvalue weighted by atomic mass is 35.5. The third-order valence-electron chi connectivity index (χ3n) is 7.28. The van der Waals surface area contributed by atoms with Gasteiger partial charge in [-0.05, 0) is 60.2 Å². The molecule has 172 valence electrons. The molecule has 1 aliphatic carbocycles. The minimum atomic E-state index is -0.836. The number of carbonyl (C=O) groups excluding carboxylic acids is 1. The third kappa shape index (κ3) is 3.59. The molecule has 2 aliphatic rings. The van der Waals surface area contributed by atoms with Crippen LogP contribution in [0.15, 0.2) is 114 Å². The van der Waals surface area contributed by atoms with Crippen LogP contribution in [0.3, 0.4) is 0 Å². The van der Waals surface area contributed by atoms with E-state index in [2.05, 4.69) is 35.3 Å². The number of Topliss-reactive ketones (excluding diaryl/α,β-unsaturated/α-hetero) is 1. The summed E-state index contributed by atoms with van der Waals surface area (Å²) in [6.45, 7) is 0. The lowest BCUT2D eigenvalue weighted by molar-refractivity contribution is 0.0843. The Kier molecular flexibility index (Phi) is 5.50. The van der Waals surface area contributed by atoms with E-state index in [0.717, 1.165) is 46.5 Å². The second kappa shape index (κ2) is 8.83. The predicted octanol–water partition coefficient (Wildman–Crippen LogP) is 7.51. The number of anilines is 1. The van der Waals surface area contributed by atoms with Gasteiger partial charge in [-0.25, -0.2) is 0 Å². The molecule has 1 heterocycles. The number of hydrogen-bond donors (Lipinski definition) is 0. The van der Waals surface area contributed by atoms with Crippen LogP contribution in [0.4, 0.5) is 5.69 Å². The minimum Gasteiger partial charge on any atom is -0.293 e. The van der Waals surface area contributed by atoms with Crippen molar-refractivity contribution in [3.63, 3.8) is 0 Å². The second-order valence-corrected chi connectivity index (χ2v) is 9.70. The molecular weight excluding hydrogens is 452 g/mol. The van der Waals surface area contributed by atoms with Crippen LogP contribution in [0.25, 0.3) is 0 Å². The van der Waals surface area contributed by atoms with Gasteiger partial charge < -0.3 is 0 Å². The maximum Gasteiger partial charge on any atom is 0.177 e. The van der Waals surface area contributed by atoms with Gasteiger partial charge in [-0.2, -0.15) is 5.10 Å².